The van der Waals surface area contributed by atoms with Crippen molar-refractivity contribution in [3.8, 4) is 0 Å². The van der Waals surface area contributed by atoms with Gasteiger partial charge in [-0.05, 0) is 43.9 Å². The first-order chi connectivity index (χ1) is 12.6. The van der Waals surface area contributed by atoms with Gasteiger partial charge in [0.1, 0.15) is 18.4 Å². The van der Waals surface area contributed by atoms with E-state index >= 15 is 0 Å². The highest BCUT2D eigenvalue weighted by atomic mass is 19.1. The van der Waals surface area contributed by atoms with Crippen molar-refractivity contribution in [2.24, 2.45) is 17.8 Å². The van der Waals surface area contributed by atoms with E-state index in [4.69, 9.17) is 14.2 Å². The van der Waals surface area contributed by atoms with Crippen molar-refractivity contribution in [2.75, 3.05) is 6.61 Å². The molecule has 0 bridgehead atoms. The Morgan fingerprint density at radius 1 is 1.38 bits per heavy atom. The number of halogens is 1. The van der Waals surface area contributed by atoms with Crippen LogP contribution >= 0.6 is 0 Å². The fourth-order valence-electron chi connectivity index (χ4n) is 4.56. The summed E-state index contributed by atoms with van der Waals surface area (Å²) in [7, 11) is 0. The largest absolute Gasteiger partial charge is 0.462 e. The molecule has 5 heteroatoms. The van der Waals surface area contributed by atoms with Crippen LogP contribution in [0.15, 0.2) is 12.2 Å². The zero-order valence-corrected chi connectivity index (χ0v) is 16.1. The van der Waals surface area contributed by atoms with Crippen LogP contribution in [0.2, 0.25) is 0 Å². The Balaban J connectivity index is 1.65. The van der Waals surface area contributed by atoms with E-state index in [2.05, 4.69) is 19.9 Å². The Labute approximate surface area is 156 Å². The number of carbonyl (C=O) groups excluding carboxylic acids is 1. The maximum atomic E-state index is 14.8. The first-order valence-electron chi connectivity index (χ1n) is 10.4. The molecule has 148 valence electrons. The lowest BCUT2D eigenvalue weighted by molar-refractivity contribution is -0.189. The maximum absolute atomic E-state index is 14.8. The Morgan fingerprint density at radius 2 is 2.23 bits per heavy atom. The zero-order chi connectivity index (χ0) is 18.5. The summed E-state index contributed by atoms with van der Waals surface area (Å²) in [6.45, 7) is 4.95. The van der Waals surface area contributed by atoms with Gasteiger partial charge < -0.3 is 14.2 Å². The van der Waals surface area contributed by atoms with Gasteiger partial charge in [-0.15, -0.1) is 0 Å². The number of ether oxygens (including phenoxy) is 3. The van der Waals surface area contributed by atoms with Crippen molar-refractivity contribution in [2.45, 2.75) is 89.9 Å². The molecular weight excluding hydrogens is 335 g/mol. The molecule has 7 atom stereocenters. The van der Waals surface area contributed by atoms with Crippen LogP contribution in [0.5, 0.6) is 0 Å². The second-order valence-electron chi connectivity index (χ2n) is 8.13. The monoisotopic (exact) mass is 368 g/mol. The number of fused-ring (bicyclic) bond motifs is 1. The van der Waals surface area contributed by atoms with E-state index in [-0.39, 0.29) is 30.2 Å². The van der Waals surface area contributed by atoms with Gasteiger partial charge in [0.15, 0.2) is 6.29 Å². The third kappa shape index (κ3) is 4.86. The number of rotatable bonds is 8. The summed E-state index contributed by atoms with van der Waals surface area (Å²) >= 11 is 0. The topological polar surface area (TPSA) is 44.8 Å². The van der Waals surface area contributed by atoms with E-state index in [0.29, 0.717) is 25.4 Å². The lowest BCUT2D eigenvalue weighted by Crippen LogP contribution is -2.32. The number of allylic oxidation sites excluding steroid dienone is 1. The molecule has 0 aromatic rings. The molecule has 26 heavy (non-hydrogen) atoms. The first-order valence-corrected chi connectivity index (χ1v) is 10.4. The summed E-state index contributed by atoms with van der Waals surface area (Å²) in [4.78, 5) is 11.6. The molecule has 1 aliphatic carbocycles. The zero-order valence-electron chi connectivity index (χ0n) is 16.1. The van der Waals surface area contributed by atoms with E-state index in [0.717, 1.165) is 38.5 Å². The smallest absolute Gasteiger partial charge is 0.306 e. The molecular formula is C21H33FO4. The fourth-order valence-corrected chi connectivity index (χ4v) is 4.56. The molecule has 0 radical (unpaired) electrons. The van der Waals surface area contributed by atoms with Gasteiger partial charge in [-0.3, -0.25) is 4.79 Å². The summed E-state index contributed by atoms with van der Waals surface area (Å²) < 4.78 is 31.9. The average Bonchev–Trinajstić information content (AvgIpc) is 3.12. The standard InChI is InChI=1S/C21H33FO4/c1-3-4-7-17(22)18(26-21-8-5-6-11-24-21)10-9-15-14(2)12-19-16(15)13-20(23)25-19/h9-10,14-19,21H,3-8,11-13H2,1-2H3/t14-,15+,16-,17+,18-,19+,21?/m1/s1. The Hall–Kier alpha value is -0.940. The molecule has 0 aromatic carbocycles. The molecule has 0 aromatic heterocycles. The summed E-state index contributed by atoms with van der Waals surface area (Å²) in [6.07, 6.45) is 8.78. The third-order valence-electron chi connectivity index (χ3n) is 6.08. The second-order valence-corrected chi connectivity index (χ2v) is 8.13. The molecule has 3 fully saturated rings. The van der Waals surface area contributed by atoms with Gasteiger partial charge in [0.05, 0.1) is 6.42 Å². The van der Waals surface area contributed by atoms with Crippen LogP contribution in [0.1, 0.15) is 65.2 Å². The molecule has 3 rings (SSSR count). The van der Waals surface area contributed by atoms with Crippen molar-refractivity contribution in [1.82, 2.24) is 0 Å². The van der Waals surface area contributed by atoms with E-state index < -0.39 is 12.3 Å². The van der Waals surface area contributed by atoms with E-state index in [1.54, 1.807) is 0 Å². The minimum Gasteiger partial charge on any atom is -0.462 e. The normalized spacial score (nSPS) is 36.9. The highest BCUT2D eigenvalue weighted by Crippen LogP contribution is 2.45. The van der Waals surface area contributed by atoms with Gasteiger partial charge in [0, 0.05) is 12.5 Å². The summed E-state index contributed by atoms with van der Waals surface area (Å²) in [5, 5.41) is 0. The van der Waals surface area contributed by atoms with Crippen molar-refractivity contribution >= 4 is 5.97 Å². The van der Waals surface area contributed by atoms with Crippen molar-refractivity contribution in [3.63, 3.8) is 0 Å². The molecule has 3 aliphatic rings. The second kappa shape index (κ2) is 9.32. The molecule has 0 spiro atoms. The van der Waals surface area contributed by atoms with Gasteiger partial charge in [-0.1, -0.05) is 38.8 Å². The summed E-state index contributed by atoms with van der Waals surface area (Å²) in [5.74, 6) is 0.826. The maximum Gasteiger partial charge on any atom is 0.306 e. The van der Waals surface area contributed by atoms with Crippen LogP contribution < -0.4 is 0 Å². The third-order valence-corrected chi connectivity index (χ3v) is 6.08. The number of hydrogen-bond donors (Lipinski definition) is 0. The minimum atomic E-state index is -1.02. The van der Waals surface area contributed by atoms with Gasteiger partial charge >= 0.3 is 5.97 Å². The Morgan fingerprint density at radius 3 is 2.96 bits per heavy atom. The van der Waals surface area contributed by atoms with E-state index in [9.17, 15) is 9.18 Å². The molecule has 0 amide bonds. The lowest BCUT2D eigenvalue weighted by Gasteiger charge is -2.28. The number of esters is 1. The molecule has 0 N–H and O–H groups in total. The number of unbranched alkanes of at least 4 members (excludes halogenated alkanes) is 1. The van der Waals surface area contributed by atoms with Gasteiger partial charge in [-0.2, -0.15) is 0 Å². The van der Waals surface area contributed by atoms with Gasteiger partial charge in [0.2, 0.25) is 0 Å². The fraction of sp³-hybridized carbons (Fsp3) is 0.857. The highest BCUT2D eigenvalue weighted by Gasteiger charge is 2.47. The Bertz CT molecular complexity index is 488. The highest BCUT2D eigenvalue weighted by molar-refractivity contribution is 5.72. The number of hydrogen-bond acceptors (Lipinski definition) is 4. The number of carbonyl (C=O) groups is 1. The molecule has 2 heterocycles. The molecule has 2 aliphatic heterocycles. The van der Waals surface area contributed by atoms with E-state index in [1.807, 2.05) is 6.08 Å². The van der Waals surface area contributed by atoms with Crippen molar-refractivity contribution in [1.29, 1.82) is 0 Å². The molecule has 2 saturated heterocycles. The number of alkyl halides is 1. The van der Waals surface area contributed by atoms with Crippen LogP contribution in [0, 0.1) is 17.8 Å². The van der Waals surface area contributed by atoms with Crippen LogP contribution in [0.4, 0.5) is 4.39 Å². The predicted molar refractivity (Wildman–Crippen MR) is 97.3 cm³/mol. The minimum absolute atomic E-state index is 0.0365. The van der Waals surface area contributed by atoms with Crippen LogP contribution in [-0.4, -0.2) is 37.2 Å². The van der Waals surface area contributed by atoms with Crippen LogP contribution in [0.3, 0.4) is 0 Å². The quantitative estimate of drug-likeness (QED) is 0.465. The average molecular weight is 368 g/mol. The Kier molecular flexibility index (Phi) is 7.10. The molecule has 4 nitrogen and oxygen atoms in total. The molecule has 1 unspecified atom stereocenters. The van der Waals surface area contributed by atoms with Crippen molar-refractivity contribution in [3.05, 3.63) is 12.2 Å². The molecule has 1 saturated carbocycles. The lowest BCUT2D eigenvalue weighted by atomic mass is 9.87. The van der Waals surface area contributed by atoms with Crippen LogP contribution in [0.25, 0.3) is 0 Å². The van der Waals surface area contributed by atoms with E-state index in [1.165, 1.54) is 0 Å². The summed E-state index contributed by atoms with van der Waals surface area (Å²) in [6, 6.07) is 0. The summed E-state index contributed by atoms with van der Waals surface area (Å²) in [5.41, 5.74) is 0. The van der Waals surface area contributed by atoms with Crippen LogP contribution in [-0.2, 0) is 19.0 Å². The SMILES string of the molecule is CCCC[C@H](F)[C@@H](C=C[C@@H]1[C@H]2CC(=O)O[C@H]2C[C@H]1C)OC1CCCCO1. The van der Waals surface area contributed by atoms with Gasteiger partial charge in [0.25, 0.3) is 0 Å². The van der Waals surface area contributed by atoms with Gasteiger partial charge in [-0.25, -0.2) is 4.39 Å². The van der Waals surface area contributed by atoms with Crippen molar-refractivity contribution < 1.29 is 23.4 Å². The predicted octanol–water partition coefficient (Wildman–Crippen LogP) is 4.57. The first kappa shape index (κ1) is 19.8.